The number of hydrogen-bond acceptors (Lipinski definition) is 8. The average molecular weight is 571 g/mol. The molecule has 2 amide bonds. The number of anilines is 1. The number of aliphatic imine (C=N–C) groups is 1. The van der Waals surface area contributed by atoms with Crippen LogP contribution in [0.3, 0.4) is 0 Å². The van der Waals surface area contributed by atoms with Crippen LogP contribution in [0, 0.1) is 0 Å². The van der Waals surface area contributed by atoms with Gasteiger partial charge in [0, 0.05) is 31.8 Å². The van der Waals surface area contributed by atoms with Crippen LogP contribution < -0.4 is 15.4 Å². The van der Waals surface area contributed by atoms with E-state index >= 15 is 0 Å². The molecule has 11 nitrogen and oxygen atoms in total. The van der Waals surface area contributed by atoms with Gasteiger partial charge < -0.3 is 15.4 Å². The maximum absolute atomic E-state index is 12.6. The number of amides is 2. The standard InChI is InChI=1S/C27H29F3N8O3/c1-18(13-20(16-31-2)19-7-6-9-22(15-19)41-27(28,29)30)14-25(39)33-24-11-10-21(34-36-24)8-4-5-12-38-17-23(35-37-38)26(40)32-3/h6-7,9-11,13,15-17H,2,4-5,8,12,14H2,1,3H3,(H,32,40)(H,33,36,39)/b18-13+,20-16+. The van der Waals surface area contributed by atoms with Gasteiger partial charge in [-0.05, 0) is 62.7 Å². The number of alkyl halides is 3. The lowest BCUT2D eigenvalue weighted by Crippen LogP contribution is -2.18. The highest BCUT2D eigenvalue weighted by Gasteiger charge is 2.31. The number of unbranched alkanes of at least 4 members (excludes halogenated alkanes) is 1. The van der Waals surface area contributed by atoms with Crippen LogP contribution in [0.5, 0.6) is 5.75 Å². The summed E-state index contributed by atoms with van der Waals surface area (Å²) in [6.07, 6.45) is 2.05. The van der Waals surface area contributed by atoms with Crippen molar-refractivity contribution in [2.75, 3.05) is 12.4 Å². The van der Waals surface area contributed by atoms with Gasteiger partial charge in [0.25, 0.3) is 5.91 Å². The molecule has 3 aromatic rings. The van der Waals surface area contributed by atoms with Crippen LogP contribution in [-0.4, -0.2) is 57.1 Å². The van der Waals surface area contributed by atoms with E-state index in [1.54, 1.807) is 42.1 Å². The number of hydrogen-bond donors (Lipinski definition) is 2. The van der Waals surface area contributed by atoms with Crippen LogP contribution in [0.15, 0.2) is 65.4 Å². The number of aromatic nitrogens is 5. The fourth-order valence-corrected chi connectivity index (χ4v) is 3.70. The summed E-state index contributed by atoms with van der Waals surface area (Å²) in [6, 6.07) is 8.87. The number of rotatable bonds is 13. The summed E-state index contributed by atoms with van der Waals surface area (Å²) in [4.78, 5) is 27.8. The van der Waals surface area contributed by atoms with Crippen LogP contribution in [0.25, 0.3) is 5.57 Å². The van der Waals surface area contributed by atoms with Crippen LogP contribution in [0.2, 0.25) is 0 Å². The van der Waals surface area contributed by atoms with Crippen molar-refractivity contribution in [3.63, 3.8) is 0 Å². The average Bonchev–Trinajstić information content (AvgIpc) is 3.39. The van der Waals surface area contributed by atoms with Crippen molar-refractivity contribution in [2.45, 2.75) is 45.5 Å². The minimum Gasteiger partial charge on any atom is -0.406 e. The molecule has 0 spiro atoms. The second kappa shape index (κ2) is 14.5. The molecule has 3 rings (SSSR count). The predicted octanol–water partition coefficient (Wildman–Crippen LogP) is 4.37. The lowest BCUT2D eigenvalue weighted by Gasteiger charge is -2.11. The van der Waals surface area contributed by atoms with Gasteiger partial charge in [0.2, 0.25) is 5.91 Å². The second-order valence-electron chi connectivity index (χ2n) is 8.87. The van der Waals surface area contributed by atoms with E-state index in [2.05, 4.69) is 47.6 Å². The van der Waals surface area contributed by atoms with Crippen LogP contribution >= 0.6 is 0 Å². The van der Waals surface area contributed by atoms with Crippen LogP contribution in [0.4, 0.5) is 19.0 Å². The molecule has 0 aliphatic rings. The van der Waals surface area contributed by atoms with E-state index in [4.69, 9.17) is 0 Å². The molecule has 0 unspecified atom stereocenters. The first-order valence-electron chi connectivity index (χ1n) is 12.5. The maximum Gasteiger partial charge on any atom is 0.573 e. The quantitative estimate of drug-likeness (QED) is 0.177. The highest BCUT2D eigenvalue weighted by Crippen LogP contribution is 2.27. The SMILES string of the molecule is C=N/C=C(\C=C(/C)CC(=O)Nc1ccc(CCCCn2cc(C(=O)NC)nn2)nn1)c1cccc(OC(F)(F)F)c1. The molecule has 0 fully saturated rings. The minimum atomic E-state index is -4.82. The first-order valence-corrected chi connectivity index (χ1v) is 12.5. The topological polar surface area (TPSA) is 136 Å². The molecule has 41 heavy (non-hydrogen) atoms. The molecule has 0 bridgehead atoms. The van der Waals surface area contributed by atoms with Gasteiger partial charge in [0.15, 0.2) is 11.5 Å². The van der Waals surface area contributed by atoms with E-state index in [1.165, 1.54) is 31.4 Å². The summed E-state index contributed by atoms with van der Waals surface area (Å²) in [5.41, 5.74) is 2.51. The zero-order chi connectivity index (χ0) is 29.8. The molecule has 0 saturated heterocycles. The van der Waals surface area contributed by atoms with E-state index in [-0.39, 0.29) is 35.5 Å². The van der Waals surface area contributed by atoms with E-state index in [0.717, 1.165) is 18.5 Å². The van der Waals surface area contributed by atoms with Crippen molar-refractivity contribution in [1.29, 1.82) is 0 Å². The Morgan fingerprint density at radius 1 is 1.15 bits per heavy atom. The summed E-state index contributed by atoms with van der Waals surface area (Å²) >= 11 is 0. The molecule has 2 heterocycles. The number of halogens is 3. The summed E-state index contributed by atoms with van der Waals surface area (Å²) in [5.74, 6) is -0.718. The first kappa shape index (κ1) is 30.7. The normalized spacial score (nSPS) is 12.1. The lowest BCUT2D eigenvalue weighted by molar-refractivity contribution is -0.274. The number of carbonyl (C=O) groups is 2. The van der Waals surface area contributed by atoms with Gasteiger partial charge in [0.05, 0.1) is 11.9 Å². The van der Waals surface area contributed by atoms with Crippen LogP contribution in [0.1, 0.15) is 47.9 Å². The first-order chi connectivity index (χ1) is 19.6. The minimum absolute atomic E-state index is 0.000567. The molecule has 14 heteroatoms. The van der Waals surface area contributed by atoms with Gasteiger partial charge in [-0.3, -0.25) is 19.3 Å². The van der Waals surface area contributed by atoms with E-state index in [9.17, 15) is 22.8 Å². The Kier molecular flexibility index (Phi) is 10.8. The molecule has 0 radical (unpaired) electrons. The summed E-state index contributed by atoms with van der Waals surface area (Å²) in [5, 5.41) is 21.1. The highest BCUT2D eigenvalue weighted by molar-refractivity contribution is 5.92. The number of allylic oxidation sites excluding steroid dienone is 2. The Balaban J connectivity index is 1.49. The van der Waals surface area contributed by atoms with Gasteiger partial charge in [0.1, 0.15) is 5.75 Å². The molecule has 216 valence electrons. The molecule has 2 aromatic heterocycles. The maximum atomic E-state index is 12.6. The zero-order valence-electron chi connectivity index (χ0n) is 22.5. The Hall–Kier alpha value is -4.88. The van der Waals surface area contributed by atoms with E-state index < -0.39 is 6.36 Å². The van der Waals surface area contributed by atoms with Gasteiger partial charge in [-0.15, -0.1) is 23.4 Å². The van der Waals surface area contributed by atoms with E-state index in [1.807, 2.05) is 0 Å². The molecule has 0 atom stereocenters. The number of ether oxygens (including phenoxy) is 1. The zero-order valence-corrected chi connectivity index (χ0v) is 22.5. The van der Waals surface area contributed by atoms with Crippen molar-refractivity contribution >= 4 is 29.9 Å². The monoisotopic (exact) mass is 570 g/mol. The number of carbonyl (C=O) groups excluding carboxylic acids is 2. The molecule has 2 N–H and O–H groups in total. The smallest absolute Gasteiger partial charge is 0.406 e. The summed E-state index contributed by atoms with van der Waals surface area (Å²) in [7, 11) is 1.53. The molecule has 0 aliphatic heterocycles. The molecular formula is C27H29F3N8O3. The Labute approximate surface area is 234 Å². The van der Waals surface area contributed by atoms with Gasteiger partial charge in [-0.25, -0.2) is 0 Å². The molecule has 0 aliphatic carbocycles. The Bertz CT molecular complexity index is 1420. The molecular weight excluding hydrogens is 541 g/mol. The second-order valence-corrected chi connectivity index (χ2v) is 8.87. The number of nitrogens with zero attached hydrogens (tertiary/aromatic N) is 6. The van der Waals surface area contributed by atoms with E-state index in [0.29, 0.717) is 29.7 Å². The third-order valence-corrected chi connectivity index (χ3v) is 5.53. The predicted molar refractivity (Wildman–Crippen MR) is 146 cm³/mol. The van der Waals surface area contributed by atoms with Crippen molar-refractivity contribution in [3.05, 3.63) is 77.4 Å². The summed E-state index contributed by atoms with van der Waals surface area (Å²) in [6.45, 7) is 5.72. The van der Waals surface area contributed by atoms with Crippen LogP contribution in [-0.2, 0) is 17.8 Å². The Morgan fingerprint density at radius 3 is 2.63 bits per heavy atom. The van der Waals surface area contributed by atoms with Crippen molar-refractivity contribution < 1.29 is 27.5 Å². The summed E-state index contributed by atoms with van der Waals surface area (Å²) < 4.78 is 43.4. The highest BCUT2D eigenvalue weighted by atomic mass is 19.4. The van der Waals surface area contributed by atoms with Crippen molar-refractivity contribution in [3.8, 4) is 5.75 Å². The van der Waals surface area contributed by atoms with Gasteiger partial charge in [-0.1, -0.05) is 29.0 Å². The van der Waals surface area contributed by atoms with Crippen molar-refractivity contribution in [1.82, 2.24) is 30.5 Å². The lowest BCUT2D eigenvalue weighted by atomic mass is 10.0. The third kappa shape index (κ3) is 10.3. The number of aryl methyl sites for hydroxylation is 2. The van der Waals surface area contributed by atoms with Crippen molar-refractivity contribution in [2.24, 2.45) is 4.99 Å². The fourth-order valence-electron chi connectivity index (χ4n) is 3.70. The third-order valence-electron chi connectivity index (χ3n) is 5.53. The molecule has 0 saturated carbocycles. The van der Waals surface area contributed by atoms with Gasteiger partial charge >= 0.3 is 6.36 Å². The number of nitrogens with one attached hydrogen (secondary N) is 2. The van der Waals surface area contributed by atoms with Gasteiger partial charge in [-0.2, -0.15) is 5.10 Å². The molecule has 1 aromatic carbocycles. The number of benzene rings is 1. The largest absolute Gasteiger partial charge is 0.573 e. The Morgan fingerprint density at radius 2 is 1.95 bits per heavy atom. The fraction of sp³-hybridized carbons (Fsp3) is 0.296.